The number of hydrogen-bond acceptors (Lipinski definition) is 6. The number of piperidine rings is 1. The van der Waals surface area contributed by atoms with Crippen LogP contribution in [0.1, 0.15) is 39.0 Å². The van der Waals surface area contributed by atoms with E-state index in [9.17, 15) is 4.79 Å². The third-order valence-electron chi connectivity index (χ3n) is 10.2. The molecule has 0 radical (unpaired) electrons. The van der Waals surface area contributed by atoms with Crippen molar-refractivity contribution in [3.8, 4) is 0 Å². The second-order valence-corrected chi connectivity index (χ2v) is 10.8. The maximum atomic E-state index is 14.1. The van der Waals surface area contributed by atoms with Gasteiger partial charge in [0.2, 0.25) is 11.6 Å². The Morgan fingerprint density at radius 2 is 1.84 bits per heavy atom. The first-order chi connectivity index (χ1) is 14.9. The average Bonchev–Trinajstić information content (AvgIpc) is 2.79. The first-order valence-corrected chi connectivity index (χ1v) is 12.0. The number of ketones is 1. The molecule has 4 fully saturated rings. The predicted octanol–water partition coefficient (Wildman–Crippen LogP) is 2.91. The summed E-state index contributed by atoms with van der Waals surface area (Å²) in [6.45, 7) is 6.16. The fraction of sp³-hybridized carbons (Fsp3) is 0.880. The maximum absolute atomic E-state index is 14.1. The van der Waals surface area contributed by atoms with Gasteiger partial charge in [-0.25, -0.2) is 0 Å². The molecular formula is C25H39NO5. The molecule has 0 aromatic heterocycles. The summed E-state index contributed by atoms with van der Waals surface area (Å²) in [5.74, 6) is -0.307. The second kappa shape index (κ2) is 7.36. The van der Waals surface area contributed by atoms with Crippen molar-refractivity contribution in [1.82, 2.24) is 4.90 Å². The molecule has 4 bridgehead atoms. The van der Waals surface area contributed by atoms with Gasteiger partial charge in [0.25, 0.3) is 0 Å². The molecule has 1 spiro atoms. The summed E-state index contributed by atoms with van der Waals surface area (Å²) in [6, 6.07) is 0. The van der Waals surface area contributed by atoms with E-state index in [0.29, 0.717) is 5.92 Å². The molecule has 0 unspecified atom stereocenters. The van der Waals surface area contributed by atoms with Gasteiger partial charge in [0.05, 0.1) is 18.1 Å². The SMILES string of the molecule is CCN1C[C@]2(COC)CC[C@@H](OC)[C@]3(C1)[C@@H]2CC[C@]12C=C[C@H](C[C@@H]31)C(OC)(OC)C2=O. The molecule has 6 aliphatic rings. The lowest BCUT2D eigenvalue weighted by molar-refractivity contribution is -0.292. The second-order valence-electron chi connectivity index (χ2n) is 10.8. The summed E-state index contributed by atoms with van der Waals surface area (Å²) in [4.78, 5) is 16.7. The molecule has 1 aliphatic heterocycles. The van der Waals surface area contributed by atoms with Crippen LogP contribution < -0.4 is 0 Å². The van der Waals surface area contributed by atoms with Gasteiger partial charge in [-0.15, -0.1) is 0 Å². The van der Waals surface area contributed by atoms with Gasteiger partial charge in [-0.1, -0.05) is 19.1 Å². The minimum Gasteiger partial charge on any atom is -0.384 e. The van der Waals surface area contributed by atoms with Gasteiger partial charge in [-0.05, 0) is 50.5 Å². The Labute approximate surface area is 186 Å². The lowest BCUT2D eigenvalue weighted by Gasteiger charge is -2.73. The number of carbonyl (C=O) groups excluding carboxylic acids is 1. The van der Waals surface area contributed by atoms with Gasteiger partial charge in [0, 0.05) is 58.3 Å². The first-order valence-electron chi connectivity index (χ1n) is 12.0. The molecule has 1 heterocycles. The Morgan fingerprint density at radius 3 is 2.48 bits per heavy atom. The van der Waals surface area contributed by atoms with Crippen molar-refractivity contribution in [2.24, 2.45) is 34.0 Å². The summed E-state index contributed by atoms with van der Waals surface area (Å²) < 4.78 is 23.8. The van der Waals surface area contributed by atoms with Crippen molar-refractivity contribution in [1.29, 1.82) is 0 Å². The zero-order valence-corrected chi connectivity index (χ0v) is 19.8. The molecule has 7 atom stereocenters. The molecule has 1 saturated heterocycles. The Morgan fingerprint density at radius 1 is 1.06 bits per heavy atom. The van der Waals surface area contributed by atoms with Gasteiger partial charge in [-0.3, -0.25) is 4.79 Å². The van der Waals surface area contributed by atoms with Crippen LogP contribution in [0, 0.1) is 34.0 Å². The van der Waals surface area contributed by atoms with Crippen LogP contribution in [0.15, 0.2) is 12.2 Å². The Hall–Kier alpha value is -0.790. The first kappa shape index (κ1) is 22.0. The zero-order valence-electron chi connectivity index (χ0n) is 19.8. The van der Waals surface area contributed by atoms with E-state index in [2.05, 4.69) is 24.0 Å². The van der Waals surface area contributed by atoms with Crippen LogP contribution in [0.2, 0.25) is 0 Å². The summed E-state index contributed by atoms with van der Waals surface area (Å²) in [5.41, 5.74) is -0.436. The minimum atomic E-state index is -1.14. The number of ether oxygens (including phenoxy) is 4. The number of rotatable bonds is 6. The summed E-state index contributed by atoms with van der Waals surface area (Å²) in [5, 5.41) is 0. The minimum absolute atomic E-state index is 0.0512. The van der Waals surface area contributed by atoms with Crippen LogP contribution in [0.3, 0.4) is 0 Å². The van der Waals surface area contributed by atoms with Crippen LogP contribution in [0.4, 0.5) is 0 Å². The van der Waals surface area contributed by atoms with E-state index in [0.717, 1.165) is 58.3 Å². The van der Waals surface area contributed by atoms with E-state index < -0.39 is 11.2 Å². The Balaban J connectivity index is 1.67. The zero-order chi connectivity index (χ0) is 22.1. The number of likely N-dealkylation sites (tertiary alicyclic amines) is 1. The number of Topliss-reactive ketones (excluding diaryl/α,β-unsaturated/α-hetero) is 1. The molecule has 6 heteroatoms. The fourth-order valence-electron chi connectivity index (χ4n) is 9.14. The summed E-state index contributed by atoms with van der Waals surface area (Å²) in [6.07, 6.45) is 9.60. The molecule has 3 saturated carbocycles. The van der Waals surface area contributed by atoms with Crippen LogP contribution in [-0.4, -0.2) is 77.3 Å². The topological polar surface area (TPSA) is 57.2 Å². The standard InChI is InChI=1S/C25H39NO5/c1-6-26-14-22(16-28-2)10-9-20(29-3)24(15-26)18(22)8-12-23-11-7-17(13-19(23)24)25(30-4,31-5)21(23)27/h7,11,17-20H,6,8-10,12-16H2,1-5H3/t17-,18-,19-,20-,22+,23-,24-/m1/s1. The van der Waals surface area contributed by atoms with Crippen LogP contribution >= 0.6 is 0 Å². The third-order valence-corrected chi connectivity index (χ3v) is 10.2. The van der Waals surface area contributed by atoms with E-state index in [1.807, 2.05) is 14.2 Å². The van der Waals surface area contributed by atoms with E-state index in [-0.39, 0.29) is 34.6 Å². The number of nitrogens with zero attached hydrogens (tertiary/aromatic N) is 1. The molecule has 31 heavy (non-hydrogen) atoms. The highest BCUT2D eigenvalue weighted by molar-refractivity contribution is 5.96. The fourth-order valence-corrected chi connectivity index (χ4v) is 9.14. The van der Waals surface area contributed by atoms with E-state index >= 15 is 0 Å². The van der Waals surface area contributed by atoms with Crippen molar-refractivity contribution in [3.05, 3.63) is 12.2 Å². The van der Waals surface area contributed by atoms with Crippen LogP contribution in [0.5, 0.6) is 0 Å². The molecule has 174 valence electrons. The molecule has 0 amide bonds. The molecule has 0 aromatic carbocycles. The van der Waals surface area contributed by atoms with Crippen LogP contribution in [-0.2, 0) is 23.7 Å². The highest BCUT2D eigenvalue weighted by Crippen LogP contribution is 2.72. The number of carbonyl (C=O) groups is 1. The quantitative estimate of drug-likeness (QED) is 0.474. The molecule has 6 nitrogen and oxygen atoms in total. The third kappa shape index (κ3) is 2.49. The average molecular weight is 434 g/mol. The predicted molar refractivity (Wildman–Crippen MR) is 117 cm³/mol. The van der Waals surface area contributed by atoms with Crippen molar-refractivity contribution >= 4 is 5.78 Å². The van der Waals surface area contributed by atoms with Gasteiger partial charge in [0.15, 0.2) is 0 Å². The van der Waals surface area contributed by atoms with Gasteiger partial charge in [0.1, 0.15) is 0 Å². The number of methoxy groups -OCH3 is 4. The van der Waals surface area contributed by atoms with Crippen LogP contribution in [0.25, 0.3) is 0 Å². The van der Waals surface area contributed by atoms with Gasteiger partial charge >= 0.3 is 0 Å². The van der Waals surface area contributed by atoms with Crippen molar-refractivity contribution in [2.45, 2.75) is 50.9 Å². The van der Waals surface area contributed by atoms with Crippen molar-refractivity contribution in [3.63, 3.8) is 0 Å². The normalized spacial score (nSPS) is 47.8. The highest BCUT2D eigenvalue weighted by atomic mass is 16.7. The molecule has 0 N–H and O–H groups in total. The highest BCUT2D eigenvalue weighted by Gasteiger charge is 2.75. The monoisotopic (exact) mass is 433 g/mol. The molecule has 6 rings (SSSR count). The number of hydrogen-bond donors (Lipinski definition) is 0. The smallest absolute Gasteiger partial charge is 0.235 e. The van der Waals surface area contributed by atoms with E-state index in [4.69, 9.17) is 18.9 Å². The number of fused-ring (bicyclic) bond motifs is 1. The number of allylic oxidation sites excluding steroid dienone is 1. The van der Waals surface area contributed by atoms with Crippen molar-refractivity contribution in [2.75, 3.05) is 54.7 Å². The largest absolute Gasteiger partial charge is 0.384 e. The Bertz CT molecular complexity index is 765. The summed E-state index contributed by atoms with van der Waals surface area (Å²) >= 11 is 0. The van der Waals surface area contributed by atoms with E-state index in [1.165, 1.54) is 0 Å². The van der Waals surface area contributed by atoms with Gasteiger partial charge < -0.3 is 23.8 Å². The molecule has 0 aromatic rings. The lowest BCUT2D eigenvalue weighted by Crippen LogP contribution is -2.77. The molecular weight excluding hydrogens is 394 g/mol. The maximum Gasteiger partial charge on any atom is 0.235 e. The lowest BCUT2D eigenvalue weighted by atomic mass is 9.35. The van der Waals surface area contributed by atoms with Crippen molar-refractivity contribution < 1.29 is 23.7 Å². The van der Waals surface area contributed by atoms with E-state index in [1.54, 1.807) is 14.2 Å². The van der Waals surface area contributed by atoms with Gasteiger partial charge in [-0.2, -0.15) is 0 Å². The molecule has 5 aliphatic carbocycles. The summed E-state index contributed by atoms with van der Waals surface area (Å²) in [7, 11) is 6.95. The Kier molecular flexibility index (Phi) is 5.23.